The van der Waals surface area contributed by atoms with Crippen LogP contribution in [0.25, 0.3) is 0 Å². The first-order valence-corrected chi connectivity index (χ1v) is 5.68. The molecule has 0 fully saturated rings. The van der Waals surface area contributed by atoms with E-state index >= 15 is 0 Å². The Labute approximate surface area is 106 Å². The van der Waals surface area contributed by atoms with Crippen LogP contribution in [0.3, 0.4) is 0 Å². The summed E-state index contributed by atoms with van der Waals surface area (Å²) in [5.41, 5.74) is 0.911. The van der Waals surface area contributed by atoms with E-state index in [2.05, 4.69) is 10.6 Å². The lowest BCUT2D eigenvalue weighted by atomic mass is 10.2. The molecular formula is C12H17N3O3. The van der Waals surface area contributed by atoms with E-state index in [0.29, 0.717) is 0 Å². The number of carbonyl (C=O) groups excluding carboxylic acids is 1. The lowest BCUT2D eigenvalue weighted by Crippen LogP contribution is -2.32. The van der Waals surface area contributed by atoms with Gasteiger partial charge in [0.25, 0.3) is 5.69 Å². The van der Waals surface area contributed by atoms with Gasteiger partial charge in [-0.3, -0.25) is 14.9 Å². The summed E-state index contributed by atoms with van der Waals surface area (Å²) in [5.74, 6) is -0.296. The zero-order valence-electron chi connectivity index (χ0n) is 10.7. The number of carbonyl (C=O) groups is 1. The van der Waals surface area contributed by atoms with Gasteiger partial charge in [0.05, 0.1) is 11.5 Å². The Balaban J connectivity index is 2.78. The van der Waals surface area contributed by atoms with Gasteiger partial charge in [0.1, 0.15) is 5.69 Å². The number of hydrogen-bond acceptors (Lipinski definition) is 4. The molecule has 1 aromatic rings. The van der Waals surface area contributed by atoms with E-state index in [-0.39, 0.29) is 29.9 Å². The van der Waals surface area contributed by atoms with Crippen molar-refractivity contribution in [3.8, 4) is 0 Å². The monoisotopic (exact) mass is 251 g/mol. The first kappa shape index (κ1) is 14.1. The Bertz CT molecular complexity index is 458. The first-order chi connectivity index (χ1) is 8.40. The zero-order valence-corrected chi connectivity index (χ0v) is 10.7. The molecule has 6 heteroatoms. The quantitative estimate of drug-likeness (QED) is 0.617. The van der Waals surface area contributed by atoms with Gasteiger partial charge in [-0.2, -0.15) is 0 Å². The Morgan fingerprint density at radius 2 is 2.11 bits per heavy atom. The van der Waals surface area contributed by atoms with Crippen LogP contribution < -0.4 is 10.6 Å². The van der Waals surface area contributed by atoms with E-state index < -0.39 is 4.92 Å². The molecule has 0 atom stereocenters. The van der Waals surface area contributed by atoms with Crippen molar-refractivity contribution in [1.82, 2.24) is 5.32 Å². The van der Waals surface area contributed by atoms with E-state index in [4.69, 9.17) is 0 Å². The molecule has 0 saturated heterocycles. The number of rotatable bonds is 5. The number of benzene rings is 1. The highest BCUT2D eigenvalue weighted by molar-refractivity contribution is 5.94. The molecule has 98 valence electrons. The van der Waals surface area contributed by atoms with Crippen LogP contribution in [-0.2, 0) is 4.79 Å². The summed E-state index contributed by atoms with van der Waals surface area (Å²) in [6.45, 7) is 5.73. The van der Waals surface area contributed by atoms with E-state index in [9.17, 15) is 14.9 Å². The van der Waals surface area contributed by atoms with Crippen LogP contribution in [0.2, 0.25) is 0 Å². The van der Waals surface area contributed by atoms with Gasteiger partial charge >= 0.3 is 0 Å². The summed E-state index contributed by atoms with van der Waals surface area (Å²) in [5, 5.41) is 16.3. The molecule has 0 bridgehead atoms. The van der Waals surface area contributed by atoms with Gasteiger partial charge in [0.2, 0.25) is 5.91 Å². The number of nitro groups is 1. The second-order valence-corrected chi connectivity index (χ2v) is 4.36. The van der Waals surface area contributed by atoms with Crippen molar-refractivity contribution in [3.63, 3.8) is 0 Å². The average molecular weight is 251 g/mol. The molecule has 0 unspecified atom stereocenters. The number of nitrogens with zero attached hydrogens (tertiary/aromatic N) is 1. The molecule has 1 aromatic carbocycles. The second-order valence-electron chi connectivity index (χ2n) is 4.36. The predicted octanol–water partition coefficient (Wildman–Crippen LogP) is 1.84. The van der Waals surface area contributed by atoms with E-state index in [1.165, 1.54) is 6.07 Å². The normalized spacial score (nSPS) is 10.4. The van der Waals surface area contributed by atoms with Crippen LogP contribution in [0, 0.1) is 17.0 Å². The summed E-state index contributed by atoms with van der Waals surface area (Å²) in [6.07, 6.45) is 0. The number of anilines is 1. The minimum Gasteiger partial charge on any atom is -0.319 e. The van der Waals surface area contributed by atoms with Gasteiger partial charge < -0.3 is 10.6 Å². The van der Waals surface area contributed by atoms with Crippen molar-refractivity contribution in [2.45, 2.75) is 26.8 Å². The van der Waals surface area contributed by atoms with Crippen molar-refractivity contribution in [3.05, 3.63) is 33.9 Å². The Kier molecular flexibility index (Phi) is 4.79. The summed E-state index contributed by atoms with van der Waals surface area (Å²) in [7, 11) is 0. The molecule has 0 aliphatic heterocycles. The first-order valence-electron chi connectivity index (χ1n) is 5.68. The van der Waals surface area contributed by atoms with E-state index in [1.807, 2.05) is 13.8 Å². The molecule has 1 rings (SSSR count). The molecule has 1 amide bonds. The standard InChI is InChI=1S/C12H17N3O3/c1-8(2)13-7-12(16)14-10-5-4-9(3)6-11(10)15(17)18/h4-6,8,13H,7H2,1-3H3,(H,14,16). The van der Waals surface area contributed by atoms with Gasteiger partial charge in [0, 0.05) is 12.1 Å². The minimum absolute atomic E-state index is 0.0899. The van der Waals surface area contributed by atoms with Gasteiger partial charge in [0.15, 0.2) is 0 Å². The van der Waals surface area contributed by atoms with E-state index in [1.54, 1.807) is 19.1 Å². The molecule has 0 heterocycles. The van der Waals surface area contributed by atoms with Crippen LogP contribution in [-0.4, -0.2) is 23.4 Å². The van der Waals surface area contributed by atoms with Gasteiger partial charge in [-0.1, -0.05) is 19.9 Å². The molecule has 6 nitrogen and oxygen atoms in total. The van der Waals surface area contributed by atoms with Crippen LogP contribution in [0.5, 0.6) is 0 Å². The Hall–Kier alpha value is -1.95. The van der Waals surface area contributed by atoms with Crippen molar-refractivity contribution in [2.75, 3.05) is 11.9 Å². The third kappa shape index (κ3) is 4.14. The molecule has 0 radical (unpaired) electrons. The second kappa shape index (κ2) is 6.11. The third-order valence-corrected chi connectivity index (χ3v) is 2.29. The van der Waals surface area contributed by atoms with Crippen molar-refractivity contribution < 1.29 is 9.72 Å². The van der Waals surface area contributed by atoms with Gasteiger partial charge in [-0.15, -0.1) is 0 Å². The fourth-order valence-electron chi connectivity index (χ4n) is 1.39. The van der Waals surface area contributed by atoms with E-state index in [0.717, 1.165) is 5.56 Å². The molecular weight excluding hydrogens is 234 g/mol. The maximum Gasteiger partial charge on any atom is 0.293 e. The maximum absolute atomic E-state index is 11.6. The van der Waals surface area contributed by atoms with Crippen molar-refractivity contribution in [2.24, 2.45) is 0 Å². The molecule has 0 aromatic heterocycles. The summed E-state index contributed by atoms with van der Waals surface area (Å²) >= 11 is 0. The third-order valence-electron chi connectivity index (χ3n) is 2.29. The average Bonchev–Trinajstić information content (AvgIpc) is 2.28. The molecule has 18 heavy (non-hydrogen) atoms. The van der Waals surface area contributed by atoms with Crippen molar-refractivity contribution in [1.29, 1.82) is 0 Å². The Morgan fingerprint density at radius 1 is 1.44 bits per heavy atom. The SMILES string of the molecule is Cc1ccc(NC(=O)CNC(C)C)c([N+](=O)[O-])c1. The van der Waals surface area contributed by atoms with Crippen LogP contribution in [0.15, 0.2) is 18.2 Å². The molecule has 0 saturated carbocycles. The fraction of sp³-hybridized carbons (Fsp3) is 0.417. The number of nitro benzene ring substituents is 1. The zero-order chi connectivity index (χ0) is 13.7. The maximum atomic E-state index is 11.6. The fourth-order valence-corrected chi connectivity index (χ4v) is 1.39. The van der Waals surface area contributed by atoms with Crippen LogP contribution in [0.4, 0.5) is 11.4 Å². The Morgan fingerprint density at radius 3 is 2.67 bits per heavy atom. The number of hydrogen-bond donors (Lipinski definition) is 2. The lowest BCUT2D eigenvalue weighted by molar-refractivity contribution is -0.384. The predicted molar refractivity (Wildman–Crippen MR) is 69.6 cm³/mol. The number of nitrogens with one attached hydrogen (secondary N) is 2. The van der Waals surface area contributed by atoms with Gasteiger partial charge in [-0.25, -0.2) is 0 Å². The summed E-state index contributed by atoms with van der Waals surface area (Å²) < 4.78 is 0. The van der Waals surface area contributed by atoms with Crippen molar-refractivity contribution >= 4 is 17.3 Å². The number of amides is 1. The van der Waals surface area contributed by atoms with Crippen LogP contribution >= 0.6 is 0 Å². The van der Waals surface area contributed by atoms with Crippen LogP contribution in [0.1, 0.15) is 19.4 Å². The highest BCUT2D eigenvalue weighted by Crippen LogP contribution is 2.24. The minimum atomic E-state index is -0.502. The molecule has 0 spiro atoms. The topological polar surface area (TPSA) is 84.3 Å². The molecule has 0 aliphatic rings. The lowest BCUT2D eigenvalue weighted by Gasteiger charge is -2.09. The van der Waals surface area contributed by atoms with Gasteiger partial charge in [-0.05, 0) is 18.6 Å². The largest absolute Gasteiger partial charge is 0.319 e. The highest BCUT2D eigenvalue weighted by Gasteiger charge is 2.15. The molecule has 0 aliphatic carbocycles. The summed E-state index contributed by atoms with van der Waals surface area (Å²) in [4.78, 5) is 21.9. The number of aryl methyl sites for hydroxylation is 1. The summed E-state index contributed by atoms with van der Waals surface area (Å²) in [6, 6.07) is 4.88. The smallest absolute Gasteiger partial charge is 0.293 e. The highest BCUT2D eigenvalue weighted by atomic mass is 16.6. The molecule has 2 N–H and O–H groups in total.